The fourth-order valence-corrected chi connectivity index (χ4v) is 4.40. The van der Waals surface area contributed by atoms with Crippen LogP contribution in [-0.2, 0) is 4.79 Å². The van der Waals surface area contributed by atoms with E-state index in [0.717, 1.165) is 28.4 Å². The van der Waals surface area contributed by atoms with Crippen LogP contribution < -0.4 is 0 Å². The third-order valence-electron chi connectivity index (χ3n) is 6.10. The number of nitrogens with zero attached hydrogens (tertiary/aromatic N) is 3. The predicted octanol–water partition coefficient (Wildman–Crippen LogP) is 4.11. The molecule has 0 aliphatic carbocycles. The zero-order valence-electron chi connectivity index (χ0n) is 16.9. The summed E-state index contributed by atoms with van der Waals surface area (Å²) in [5, 5.41) is 2.26. The van der Waals surface area contributed by atoms with Crippen LogP contribution in [0.1, 0.15) is 23.7 Å². The van der Waals surface area contributed by atoms with Crippen molar-refractivity contribution in [1.82, 2.24) is 14.8 Å². The summed E-state index contributed by atoms with van der Waals surface area (Å²) in [5.74, 6) is 0.473. The molecule has 30 heavy (non-hydrogen) atoms. The van der Waals surface area contributed by atoms with Gasteiger partial charge in [-0.05, 0) is 46.4 Å². The summed E-state index contributed by atoms with van der Waals surface area (Å²) >= 11 is 0. The average molecular weight is 397 g/mol. The SMILES string of the molecule is CCC(=O)N1CC2=CN(C(=O)c3ccc(-c4ccc5cnccc5c4)cc3)CC2C1. The van der Waals surface area contributed by atoms with Crippen molar-refractivity contribution in [3.63, 3.8) is 0 Å². The normalized spacial score (nSPS) is 17.9. The van der Waals surface area contributed by atoms with Gasteiger partial charge in [0.05, 0.1) is 0 Å². The molecule has 1 fully saturated rings. The molecule has 1 aromatic heterocycles. The Bertz CT molecular complexity index is 1170. The standard InChI is InChI=1S/C25H23N3O2/c1-2-24(29)27-13-22-15-28(16-23(22)14-27)25(30)18-5-3-17(4-6-18)19-7-8-21-12-26-10-9-20(21)11-19/h3-12,15,23H,2,13-14,16H2,1H3. The first-order valence-electron chi connectivity index (χ1n) is 10.4. The van der Waals surface area contributed by atoms with Gasteiger partial charge in [-0.3, -0.25) is 14.6 Å². The van der Waals surface area contributed by atoms with Crippen LogP contribution in [0.2, 0.25) is 0 Å². The van der Waals surface area contributed by atoms with Crippen molar-refractivity contribution in [3.05, 3.63) is 78.3 Å². The molecule has 5 rings (SSSR count). The second kappa shape index (κ2) is 7.41. The summed E-state index contributed by atoms with van der Waals surface area (Å²) in [6.45, 7) is 3.91. The molecule has 2 aliphatic rings. The Morgan fingerprint density at radius 1 is 1.00 bits per heavy atom. The predicted molar refractivity (Wildman–Crippen MR) is 117 cm³/mol. The topological polar surface area (TPSA) is 53.5 Å². The Morgan fingerprint density at radius 3 is 2.57 bits per heavy atom. The molecule has 0 N–H and O–H groups in total. The van der Waals surface area contributed by atoms with Gasteiger partial charge in [0.25, 0.3) is 5.91 Å². The highest BCUT2D eigenvalue weighted by molar-refractivity contribution is 5.96. The number of hydrogen-bond acceptors (Lipinski definition) is 3. The molecular weight excluding hydrogens is 374 g/mol. The molecule has 3 aromatic rings. The minimum atomic E-state index is 0.0152. The molecule has 5 heteroatoms. The van der Waals surface area contributed by atoms with Crippen molar-refractivity contribution in [2.75, 3.05) is 19.6 Å². The molecule has 0 spiro atoms. The minimum absolute atomic E-state index is 0.0152. The number of hydrogen-bond donors (Lipinski definition) is 0. The lowest BCUT2D eigenvalue weighted by molar-refractivity contribution is -0.129. The van der Waals surface area contributed by atoms with E-state index in [-0.39, 0.29) is 17.7 Å². The zero-order valence-corrected chi connectivity index (χ0v) is 16.9. The third kappa shape index (κ3) is 3.26. The molecule has 2 aromatic carbocycles. The molecule has 1 unspecified atom stereocenters. The molecule has 0 saturated carbocycles. The number of aromatic nitrogens is 1. The monoisotopic (exact) mass is 397 g/mol. The highest BCUT2D eigenvalue weighted by Crippen LogP contribution is 2.31. The van der Waals surface area contributed by atoms with Crippen LogP contribution in [0.4, 0.5) is 0 Å². The van der Waals surface area contributed by atoms with E-state index in [9.17, 15) is 9.59 Å². The second-order valence-corrected chi connectivity index (χ2v) is 8.00. The van der Waals surface area contributed by atoms with Crippen LogP contribution in [0.5, 0.6) is 0 Å². The molecule has 1 atom stereocenters. The van der Waals surface area contributed by atoms with Crippen LogP contribution in [0.25, 0.3) is 21.9 Å². The summed E-state index contributed by atoms with van der Waals surface area (Å²) < 4.78 is 0. The van der Waals surface area contributed by atoms with Gasteiger partial charge in [-0.1, -0.05) is 31.2 Å². The Hall–Kier alpha value is -3.47. The van der Waals surface area contributed by atoms with Gasteiger partial charge in [0.2, 0.25) is 5.91 Å². The van der Waals surface area contributed by atoms with Crippen molar-refractivity contribution >= 4 is 22.6 Å². The molecule has 0 radical (unpaired) electrons. The van der Waals surface area contributed by atoms with E-state index in [2.05, 4.69) is 23.2 Å². The number of rotatable bonds is 3. The lowest BCUT2D eigenvalue weighted by Gasteiger charge is -2.19. The van der Waals surface area contributed by atoms with Gasteiger partial charge >= 0.3 is 0 Å². The van der Waals surface area contributed by atoms with Crippen molar-refractivity contribution in [2.24, 2.45) is 5.92 Å². The first-order valence-corrected chi connectivity index (χ1v) is 10.4. The maximum absolute atomic E-state index is 13.0. The van der Waals surface area contributed by atoms with Gasteiger partial charge in [-0.25, -0.2) is 0 Å². The van der Waals surface area contributed by atoms with E-state index in [0.29, 0.717) is 25.1 Å². The Kier molecular flexibility index (Phi) is 4.58. The summed E-state index contributed by atoms with van der Waals surface area (Å²) in [6, 6.07) is 16.1. The van der Waals surface area contributed by atoms with E-state index >= 15 is 0 Å². The highest BCUT2D eigenvalue weighted by Gasteiger charge is 2.36. The van der Waals surface area contributed by atoms with E-state index in [4.69, 9.17) is 0 Å². The van der Waals surface area contributed by atoms with Crippen molar-refractivity contribution < 1.29 is 9.59 Å². The van der Waals surface area contributed by atoms with E-state index in [1.807, 2.05) is 54.6 Å². The van der Waals surface area contributed by atoms with Crippen LogP contribution >= 0.6 is 0 Å². The smallest absolute Gasteiger partial charge is 0.257 e. The van der Waals surface area contributed by atoms with Gasteiger partial charge in [0.15, 0.2) is 0 Å². The molecule has 5 nitrogen and oxygen atoms in total. The lowest BCUT2D eigenvalue weighted by Crippen LogP contribution is -2.32. The largest absolute Gasteiger partial charge is 0.338 e. The van der Waals surface area contributed by atoms with Gasteiger partial charge < -0.3 is 9.80 Å². The zero-order chi connectivity index (χ0) is 20.7. The molecular formula is C25H23N3O2. The van der Waals surface area contributed by atoms with Gasteiger partial charge in [-0.15, -0.1) is 0 Å². The van der Waals surface area contributed by atoms with E-state index < -0.39 is 0 Å². The molecule has 150 valence electrons. The molecule has 2 amide bonds. The maximum atomic E-state index is 13.0. The Balaban J connectivity index is 1.32. The van der Waals surface area contributed by atoms with Crippen molar-refractivity contribution in [1.29, 1.82) is 0 Å². The highest BCUT2D eigenvalue weighted by atomic mass is 16.2. The molecule has 3 heterocycles. The summed E-state index contributed by atoms with van der Waals surface area (Å²) in [4.78, 5) is 32.7. The van der Waals surface area contributed by atoms with Crippen LogP contribution in [0.15, 0.2) is 72.7 Å². The summed E-state index contributed by atoms with van der Waals surface area (Å²) in [6.07, 6.45) is 6.13. The second-order valence-electron chi connectivity index (χ2n) is 8.00. The number of amides is 2. The van der Waals surface area contributed by atoms with Crippen LogP contribution in [0, 0.1) is 5.92 Å². The fourth-order valence-electron chi connectivity index (χ4n) is 4.40. The minimum Gasteiger partial charge on any atom is -0.338 e. The van der Waals surface area contributed by atoms with Crippen LogP contribution in [0.3, 0.4) is 0 Å². The van der Waals surface area contributed by atoms with E-state index in [1.54, 1.807) is 11.1 Å². The van der Waals surface area contributed by atoms with Gasteiger partial charge in [0.1, 0.15) is 0 Å². The molecule has 1 saturated heterocycles. The maximum Gasteiger partial charge on any atom is 0.257 e. The number of likely N-dealkylation sites (tertiary alicyclic amines) is 1. The third-order valence-corrected chi connectivity index (χ3v) is 6.10. The van der Waals surface area contributed by atoms with Gasteiger partial charge in [-0.2, -0.15) is 0 Å². The molecule has 0 bridgehead atoms. The van der Waals surface area contributed by atoms with Crippen molar-refractivity contribution in [2.45, 2.75) is 13.3 Å². The Morgan fingerprint density at radius 2 is 1.80 bits per heavy atom. The Labute approximate surface area is 175 Å². The summed E-state index contributed by atoms with van der Waals surface area (Å²) in [7, 11) is 0. The molecule has 2 aliphatic heterocycles. The first-order chi connectivity index (χ1) is 14.6. The first kappa shape index (κ1) is 18.6. The number of carbonyl (C=O) groups excluding carboxylic acids is 2. The average Bonchev–Trinajstić information content (AvgIpc) is 3.37. The number of fused-ring (bicyclic) bond motifs is 2. The number of carbonyl (C=O) groups is 2. The van der Waals surface area contributed by atoms with Crippen LogP contribution in [-0.4, -0.2) is 46.2 Å². The lowest BCUT2D eigenvalue weighted by atomic mass is 10.0. The van der Waals surface area contributed by atoms with E-state index in [1.165, 1.54) is 5.57 Å². The number of benzene rings is 2. The number of pyridine rings is 1. The van der Waals surface area contributed by atoms with Crippen molar-refractivity contribution in [3.8, 4) is 11.1 Å². The quantitative estimate of drug-likeness (QED) is 0.668. The summed E-state index contributed by atoms with van der Waals surface area (Å²) in [5.41, 5.74) is 4.07. The fraction of sp³-hybridized carbons (Fsp3) is 0.240. The van der Waals surface area contributed by atoms with Gasteiger partial charge in [0, 0.05) is 61.5 Å².